The standard InChI is InChI=1S/C13H15N3S/c1-3-11-9(2)15-12(16-13(11)17)8-10-6-4-5-7-14-10/h4-7H,3,8H2,1-2H3,(H,15,16,17). The molecule has 0 aliphatic carbocycles. The summed E-state index contributed by atoms with van der Waals surface area (Å²) < 4.78 is 0.703. The fourth-order valence-electron chi connectivity index (χ4n) is 1.84. The number of nitrogens with zero attached hydrogens (tertiary/aromatic N) is 2. The second-order valence-electron chi connectivity index (χ2n) is 3.94. The smallest absolute Gasteiger partial charge is 0.133 e. The Kier molecular flexibility index (Phi) is 3.64. The fourth-order valence-corrected chi connectivity index (χ4v) is 2.25. The first kappa shape index (κ1) is 11.9. The molecule has 3 nitrogen and oxygen atoms in total. The molecule has 0 saturated carbocycles. The third-order valence-corrected chi connectivity index (χ3v) is 3.05. The average molecular weight is 245 g/mol. The summed E-state index contributed by atoms with van der Waals surface area (Å²) in [5.41, 5.74) is 3.23. The highest BCUT2D eigenvalue weighted by Gasteiger charge is 2.04. The first-order valence-corrected chi connectivity index (χ1v) is 6.10. The van der Waals surface area contributed by atoms with Gasteiger partial charge in [0.15, 0.2) is 0 Å². The van der Waals surface area contributed by atoms with E-state index in [2.05, 4.69) is 21.9 Å². The van der Waals surface area contributed by atoms with Crippen LogP contribution in [0.5, 0.6) is 0 Å². The summed E-state index contributed by atoms with van der Waals surface area (Å²) in [6.45, 7) is 4.13. The third-order valence-electron chi connectivity index (χ3n) is 2.71. The van der Waals surface area contributed by atoms with Crippen LogP contribution in [-0.4, -0.2) is 15.0 Å². The Morgan fingerprint density at radius 3 is 2.76 bits per heavy atom. The summed E-state index contributed by atoms with van der Waals surface area (Å²) in [7, 11) is 0. The maximum atomic E-state index is 5.29. The van der Waals surface area contributed by atoms with Gasteiger partial charge in [0.1, 0.15) is 10.5 Å². The number of aromatic nitrogens is 3. The van der Waals surface area contributed by atoms with E-state index in [1.165, 1.54) is 0 Å². The van der Waals surface area contributed by atoms with Crippen LogP contribution in [-0.2, 0) is 12.8 Å². The van der Waals surface area contributed by atoms with Crippen LogP contribution in [0.3, 0.4) is 0 Å². The Balaban J connectivity index is 2.32. The number of H-pyrrole nitrogens is 1. The van der Waals surface area contributed by atoms with E-state index in [1.54, 1.807) is 6.20 Å². The van der Waals surface area contributed by atoms with Crippen molar-refractivity contribution in [2.24, 2.45) is 0 Å². The lowest BCUT2D eigenvalue weighted by Crippen LogP contribution is -2.03. The maximum Gasteiger partial charge on any atom is 0.133 e. The molecule has 0 fully saturated rings. The Labute approximate surface area is 106 Å². The van der Waals surface area contributed by atoms with Gasteiger partial charge in [0, 0.05) is 29.6 Å². The van der Waals surface area contributed by atoms with Crippen molar-refractivity contribution >= 4 is 12.2 Å². The molecule has 0 atom stereocenters. The molecule has 0 unspecified atom stereocenters. The monoisotopic (exact) mass is 245 g/mol. The minimum Gasteiger partial charge on any atom is -0.347 e. The highest BCUT2D eigenvalue weighted by molar-refractivity contribution is 7.71. The maximum absolute atomic E-state index is 5.29. The van der Waals surface area contributed by atoms with Crippen LogP contribution in [0.15, 0.2) is 24.4 Å². The molecule has 88 valence electrons. The van der Waals surface area contributed by atoms with E-state index < -0.39 is 0 Å². The van der Waals surface area contributed by atoms with Crippen molar-refractivity contribution < 1.29 is 0 Å². The van der Waals surface area contributed by atoms with E-state index in [0.29, 0.717) is 11.1 Å². The van der Waals surface area contributed by atoms with E-state index in [1.807, 2.05) is 25.1 Å². The lowest BCUT2D eigenvalue weighted by Gasteiger charge is -2.07. The van der Waals surface area contributed by atoms with Gasteiger partial charge in [-0.15, -0.1) is 0 Å². The van der Waals surface area contributed by atoms with Gasteiger partial charge < -0.3 is 4.98 Å². The molecule has 17 heavy (non-hydrogen) atoms. The van der Waals surface area contributed by atoms with Crippen LogP contribution in [0.2, 0.25) is 0 Å². The van der Waals surface area contributed by atoms with E-state index in [4.69, 9.17) is 12.2 Å². The number of pyridine rings is 1. The highest BCUT2D eigenvalue weighted by Crippen LogP contribution is 2.09. The molecule has 0 aliphatic rings. The van der Waals surface area contributed by atoms with Gasteiger partial charge in [-0.05, 0) is 25.5 Å². The van der Waals surface area contributed by atoms with Gasteiger partial charge >= 0.3 is 0 Å². The number of aryl methyl sites for hydroxylation is 1. The summed E-state index contributed by atoms with van der Waals surface area (Å²) in [5.74, 6) is 0.878. The summed E-state index contributed by atoms with van der Waals surface area (Å²) in [6, 6.07) is 5.87. The number of aromatic amines is 1. The molecule has 0 saturated heterocycles. The van der Waals surface area contributed by atoms with Crippen molar-refractivity contribution in [2.45, 2.75) is 26.7 Å². The van der Waals surface area contributed by atoms with E-state index in [9.17, 15) is 0 Å². The van der Waals surface area contributed by atoms with Crippen molar-refractivity contribution in [2.75, 3.05) is 0 Å². The minimum atomic E-state index is 0.690. The van der Waals surface area contributed by atoms with Gasteiger partial charge in [0.2, 0.25) is 0 Å². The molecule has 0 aromatic carbocycles. The topological polar surface area (TPSA) is 41.6 Å². The summed E-state index contributed by atoms with van der Waals surface area (Å²) in [6.07, 6.45) is 3.39. The van der Waals surface area contributed by atoms with Crippen molar-refractivity contribution in [3.05, 3.63) is 51.8 Å². The highest BCUT2D eigenvalue weighted by atomic mass is 32.1. The van der Waals surface area contributed by atoms with Gasteiger partial charge in [-0.1, -0.05) is 25.2 Å². The SMILES string of the molecule is CCc1c(C)[nH]c(Cc2ccccn2)nc1=S. The molecule has 4 heteroatoms. The predicted molar refractivity (Wildman–Crippen MR) is 70.6 cm³/mol. The van der Waals surface area contributed by atoms with Gasteiger partial charge in [0.25, 0.3) is 0 Å². The second-order valence-corrected chi connectivity index (χ2v) is 4.33. The molecule has 2 aromatic heterocycles. The fraction of sp³-hybridized carbons (Fsp3) is 0.308. The molecule has 0 aliphatic heterocycles. The van der Waals surface area contributed by atoms with E-state index >= 15 is 0 Å². The zero-order valence-electron chi connectivity index (χ0n) is 10.0. The van der Waals surface area contributed by atoms with E-state index in [-0.39, 0.29) is 0 Å². The van der Waals surface area contributed by atoms with Crippen LogP contribution < -0.4 is 0 Å². The minimum absolute atomic E-state index is 0.690. The van der Waals surface area contributed by atoms with Crippen LogP contribution in [0, 0.1) is 11.6 Å². The van der Waals surface area contributed by atoms with Gasteiger partial charge in [0.05, 0.1) is 0 Å². The molecule has 2 rings (SSSR count). The van der Waals surface area contributed by atoms with Crippen LogP contribution in [0.25, 0.3) is 0 Å². The Morgan fingerprint density at radius 2 is 2.18 bits per heavy atom. The quantitative estimate of drug-likeness (QED) is 0.845. The summed E-state index contributed by atoms with van der Waals surface area (Å²) in [4.78, 5) is 12.0. The van der Waals surface area contributed by atoms with Crippen LogP contribution >= 0.6 is 12.2 Å². The van der Waals surface area contributed by atoms with E-state index in [0.717, 1.165) is 29.2 Å². The Hall–Kier alpha value is -1.55. The summed E-state index contributed by atoms with van der Waals surface area (Å²) in [5, 5.41) is 0. The zero-order valence-corrected chi connectivity index (χ0v) is 10.8. The molecule has 0 bridgehead atoms. The van der Waals surface area contributed by atoms with Gasteiger partial charge in [-0.3, -0.25) is 4.98 Å². The van der Waals surface area contributed by atoms with Crippen molar-refractivity contribution in [3.63, 3.8) is 0 Å². The van der Waals surface area contributed by atoms with Crippen LogP contribution in [0.1, 0.15) is 29.7 Å². The molecular formula is C13H15N3S. The molecule has 0 radical (unpaired) electrons. The van der Waals surface area contributed by atoms with Gasteiger partial charge in [-0.2, -0.15) is 0 Å². The van der Waals surface area contributed by atoms with Crippen molar-refractivity contribution in [1.82, 2.24) is 15.0 Å². The molecule has 0 amide bonds. The normalized spacial score (nSPS) is 10.5. The first-order chi connectivity index (χ1) is 8.20. The number of nitrogens with one attached hydrogen (secondary N) is 1. The van der Waals surface area contributed by atoms with Crippen molar-refractivity contribution in [3.8, 4) is 0 Å². The first-order valence-electron chi connectivity index (χ1n) is 5.69. The lowest BCUT2D eigenvalue weighted by molar-refractivity contribution is 0.879. The molecule has 1 N–H and O–H groups in total. The number of hydrogen-bond acceptors (Lipinski definition) is 3. The zero-order chi connectivity index (χ0) is 12.3. The Bertz CT molecular complexity index is 561. The molecule has 2 aromatic rings. The number of hydrogen-bond donors (Lipinski definition) is 1. The Morgan fingerprint density at radius 1 is 1.35 bits per heavy atom. The average Bonchev–Trinajstić information content (AvgIpc) is 2.30. The molecular weight excluding hydrogens is 230 g/mol. The number of rotatable bonds is 3. The van der Waals surface area contributed by atoms with Gasteiger partial charge in [-0.25, -0.2) is 4.98 Å². The summed E-state index contributed by atoms with van der Waals surface area (Å²) >= 11 is 5.29. The predicted octanol–water partition coefficient (Wildman–Crippen LogP) is 3.00. The third kappa shape index (κ3) is 2.77. The molecule has 0 spiro atoms. The molecule has 2 heterocycles. The lowest BCUT2D eigenvalue weighted by atomic mass is 10.2. The second kappa shape index (κ2) is 5.19. The van der Waals surface area contributed by atoms with Crippen molar-refractivity contribution in [1.29, 1.82) is 0 Å². The largest absolute Gasteiger partial charge is 0.347 e. The van der Waals surface area contributed by atoms with Crippen LogP contribution in [0.4, 0.5) is 0 Å².